The van der Waals surface area contributed by atoms with Crippen molar-refractivity contribution in [2.24, 2.45) is 0 Å². The molecule has 1 aromatic heterocycles. The Morgan fingerprint density at radius 3 is 2.09 bits per heavy atom. The molecule has 60 valence electrons. The molecular formula is C6H10N4S. The molecular weight excluding hydrogens is 160 g/mol. The molecule has 0 atom stereocenters. The van der Waals surface area contributed by atoms with Gasteiger partial charge in [0, 0.05) is 6.42 Å². The summed E-state index contributed by atoms with van der Waals surface area (Å²) < 4.78 is 0. The number of aryl methyl sites for hydroxylation is 1. The third kappa shape index (κ3) is 1.54. The van der Waals surface area contributed by atoms with E-state index in [4.69, 9.17) is 11.5 Å². The Morgan fingerprint density at radius 1 is 1.27 bits per heavy atom. The SMILES string of the molecule is CCc1nc(N)c(S)c(N)n1. The summed E-state index contributed by atoms with van der Waals surface area (Å²) in [4.78, 5) is 8.39. The highest BCUT2D eigenvalue weighted by atomic mass is 32.1. The Bertz CT molecular complexity index is 250. The van der Waals surface area contributed by atoms with Crippen LogP contribution in [-0.2, 0) is 6.42 Å². The molecule has 0 aromatic carbocycles. The predicted octanol–water partition coefficient (Wildman–Crippen LogP) is 0.492. The van der Waals surface area contributed by atoms with E-state index in [0.29, 0.717) is 22.4 Å². The first-order valence-electron chi connectivity index (χ1n) is 3.26. The number of hydrogen-bond acceptors (Lipinski definition) is 5. The standard InChI is InChI=1S/C6H10N4S/c1-2-3-9-5(7)4(11)6(8)10-3/h11H,2H2,1H3,(H4,7,8,9,10). The number of nitrogens with zero attached hydrogens (tertiary/aromatic N) is 2. The number of nitrogens with two attached hydrogens (primary N) is 2. The van der Waals surface area contributed by atoms with Gasteiger partial charge in [-0.05, 0) is 0 Å². The number of aromatic nitrogens is 2. The fourth-order valence-corrected chi connectivity index (χ4v) is 0.798. The van der Waals surface area contributed by atoms with Crippen LogP contribution in [0.2, 0.25) is 0 Å². The first-order chi connectivity index (χ1) is 5.15. The van der Waals surface area contributed by atoms with Crippen LogP contribution in [0.25, 0.3) is 0 Å². The summed E-state index contributed by atoms with van der Waals surface area (Å²) in [7, 11) is 0. The lowest BCUT2D eigenvalue weighted by Gasteiger charge is -2.03. The van der Waals surface area contributed by atoms with Gasteiger partial charge in [-0.1, -0.05) is 6.92 Å². The first-order valence-corrected chi connectivity index (χ1v) is 3.70. The second-order valence-corrected chi connectivity index (χ2v) is 2.56. The molecule has 5 heteroatoms. The summed E-state index contributed by atoms with van der Waals surface area (Å²) in [5.74, 6) is 1.34. The maximum absolute atomic E-state index is 5.49. The number of anilines is 2. The maximum Gasteiger partial charge on any atom is 0.142 e. The quantitative estimate of drug-likeness (QED) is 0.536. The van der Waals surface area contributed by atoms with E-state index in [2.05, 4.69) is 22.6 Å². The summed E-state index contributed by atoms with van der Waals surface area (Å²) in [6.45, 7) is 1.94. The van der Waals surface area contributed by atoms with E-state index >= 15 is 0 Å². The fraction of sp³-hybridized carbons (Fsp3) is 0.333. The molecule has 0 aliphatic carbocycles. The van der Waals surface area contributed by atoms with Crippen LogP contribution >= 0.6 is 12.6 Å². The molecule has 0 bridgehead atoms. The van der Waals surface area contributed by atoms with E-state index < -0.39 is 0 Å². The van der Waals surface area contributed by atoms with Crippen LogP contribution in [0.5, 0.6) is 0 Å². The van der Waals surface area contributed by atoms with Gasteiger partial charge in [0.1, 0.15) is 17.5 Å². The van der Waals surface area contributed by atoms with Crippen molar-refractivity contribution < 1.29 is 0 Å². The molecule has 1 aromatic rings. The summed E-state index contributed by atoms with van der Waals surface area (Å²) >= 11 is 4.02. The smallest absolute Gasteiger partial charge is 0.142 e. The van der Waals surface area contributed by atoms with Crippen LogP contribution in [0.3, 0.4) is 0 Å². The molecule has 0 unspecified atom stereocenters. The Hall–Kier alpha value is -0.970. The van der Waals surface area contributed by atoms with Gasteiger partial charge in [0.2, 0.25) is 0 Å². The number of nitrogen functional groups attached to an aromatic ring is 2. The molecule has 0 saturated heterocycles. The average molecular weight is 170 g/mol. The topological polar surface area (TPSA) is 77.8 Å². The van der Waals surface area contributed by atoms with E-state index in [1.165, 1.54) is 0 Å². The van der Waals surface area contributed by atoms with E-state index in [1.807, 2.05) is 6.92 Å². The van der Waals surface area contributed by atoms with Crippen molar-refractivity contribution in [2.75, 3.05) is 11.5 Å². The molecule has 0 radical (unpaired) electrons. The molecule has 4 N–H and O–H groups in total. The normalized spacial score (nSPS) is 10.0. The van der Waals surface area contributed by atoms with Crippen LogP contribution in [0.1, 0.15) is 12.7 Å². The van der Waals surface area contributed by atoms with Crippen molar-refractivity contribution in [1.82, 2.24) is 9.97 Å². The molecule has 0 aliphatic heterocycles. The molecule has 11 heavy (non-hydrogen) atoms. The molecule has 4 nitrogen and oxygen atoms in total. The highest BCUT2D eigenvalue weighted by Crippen LogP contribution is 2.19. The lowest BCUT2D eigenvalue weighted by atomic mass is 10.4. The van der Waals surface area contributed by atoms with Gasteiger partial charge in [-0.2, -0.15) is 0 Å². The maximum atomic E-state index is 5.49. The van der Waals surface area contributed by atoms with Crippen molar-refractivity contribution in [1.29, 1.82) is 0 Å². The summed E-state index contributed by atoms with van der Waals surface area (Å²) in [5.41, 5.74) is 11.0. The summed E-state index contributed by atoms with van der Waals surface area (Å²) in [5, 5.41) is 0. The molecule has 0 saturated carbocycles. The highest BCUT2D eigenvalue weighted by Gasteiger charge is 2.03. The van der Waals surface area contributed by atoms with Crippen LogP contribution in [0.4, 0.5) is 11.6 Å². The van der Waals surface area contributed by atoms with Gasteiger partial charge in [-0.3, -0.25) is 0 Å². The molecule has 0 aliphatic rings. The third-order valence-electron chi connectivity index (χ3n) is 1.30. The van der Waals surface area contributed by atoms with Crippen molar-refractivity contribution in [3.05, 3.63) is 5.82 Å². The number of hydrogen-bond donors (Lipinski definition) is 3. The van der Waals surface area contributed by atoms with Crippen LogP contribution in [0, 0.1) is 0 Å². The highest BCUT2D eigenvalue weighted by molar-refractivity contribution is 7.80. The van der Waals surface area contributed by atoms with Gasteiger partial charge < -0.3 is 11.5 Å². The van der Waals surface area contributed by atoms with E-state index in [1.54, 1.807) is 0 Å². The van der Waals surface area contributed by atoms with E-state index in [9.17, 15) is 0 Å². The molecule has 1 rings (SSSR count). The second kappa shape index (κ2) is 2.96. The van der Waals surface area contributed by atoms with Gasteiger partial charge in [-0.15, -0.1) is 12.6 Å². The monoisotopic (exact) mass is 170 g/mol. The Labute approximate surface area is 70.4 Å². The zero-order valence-corrected chi connectivity index (χ0v) is 7.10. The second-order valence-electron chi connectivity index (χ2n) is 2.11. The summed E-state index contributed by atoms with van der Waals surface area (Å²) in [6, 6.07) is 0. The minimum atomic E-state index is 0.345. The van der Waals surface area contributed by atoms with Crippen LogP contribution < -0.4 is 11.5 Å². The average Bonchev–Trinajstić information content (AvgIpc) is 1.99. The number of rotatable bonds is 1. The van der Waals surface area contributed by atoms with Crippen LogP contribution in [0.15, 0.2) is 4.90 Å². The zero-order chi connectivity index (χ0) is 8.43. The fourth-order valence-electron chi connectivity index (χ4n) is 0.698. The summed E-state index contributed by atoms with van der Waals surface area (Å²) in [6.07, 6.45) is 0.725. The minimum absolute atomic E-state index is 0.345. The number of thiol groups is 1. The zero-order valence-electron chi connectivity index (χ0n) is 6.20. The lowest BCUT2D eigenvalue weighted by molar-refractivity contribution is 0.933. The van der Waals surface area contributed by atoms with Gasteiger partial charge in [0.05, 0.1) is 4.90 Å². The van der Waals surface area contributed by atoms with Crippen molar-refractivity contribution >= 4 is 24.3 Å². The van der Waals surface area contributed by atoms with Crippen molar-refractivity contribution in [3.63, 3.8) is 0 Å². The minimum Gasteiger partial charge on any atom is -0.383 e. The molecule has 0 spiro atoms. The lowest BCUT2D eigenvalue weighted by Crippen LogP contribution is -2.04. The van der Waals surface area contributed by atoms with Gasteiger partial charge in [0.15, 0.2) is 0 Å². The molecule has 0 fully saturated rings. The van der Waals surface area contributed by atoms with Crippen molar-refractivity contribution in [3.8, 4) is 0 Å². The van der Waals surface area contributed by atoms with Gasteiger partial charge >= 0.3 is 0 Å². The van der Waals surface area contributed by atoms with E-state index in [0.717, 1.165) is 6.42 Å². The first kappa shape index (κ1) is 8.13. The van der Waals surface area contributed by atoms with Crippen LogP contribution in [-0.4, -0.2) is 9.97 Å². The molecule has 0 amide bonds. The van der Waals surface area contributed by atoms with Gasteiger partial charge in [-0.25, -0.2) is 9.97 Å². The van der Waals surface area contributed by atoms with E-state index in [-0.39, 0.29) is 0 Å². The largest absolute Gasteiger partial charge is 0.383 e. The Morgan fingerprint density at radius 2 is 1.73 bits per heavy atom. The Kier molecular flexibility index (Phi) is 2.19. The Balaban J connectivity index is 3.21. The third-order valence-corrected chi connectivity index (χ3v) is 1.76. The predicted molar refractivity (Wildman–Crippen MR) is 47.5 cm³/mol. The van der Waals surface area contributed by atoms with Gasteiger partial charge in [0.25, 0.3) is 0 Å². The van der Waals surface area contributed by atoms with Crippen molar-refractivity contribution in [2.45, 2.75) is 18.2 Å². The molecule has 1 heterocycles.